The maximum Gasteiger partial charge on any atom is 0.337 e. The molecule has 1 aliphatic rings. The van der Waals surface area contributed by atoms with Crippen molar-refractivity contribution in [2.75, 3.05) is 26.3 Å². The van der Waals surface area contributed by atoms with E-state index < -0.39 is 12.0 Å². The zero-order valence-corrected chi connectivity index (χ0v) is 15.6. The van der Waals surface area contributed by atoms with Gasteiger partial charge in [0.2, 0.25) is 5.91 Å². The monoisotopic (exact) mass is 376 g/mol. The minimum absolute atomic E-state index is 0.0287. The first-order chi connectivity index (χ1) is 13.0. The van der Waals surface area contributed by atoms with Gasteiger partial charge < -0.3 is 14.7 Å². The van der Waals surface area contributed by atoms with E-state index in [1.807, 2.05) is 6.92 Å². The first kappa shape index (κ1) is 19.1. The number of rotatable bonds is 7. The van der Waals surface area contributed by atoms with Gasteiger partial charge in [-0.1, -0.05) is 0 Å². The van der Waals surface area contributed by atoms with Crippen molar-refractivity contribution in [2.24, 2.45) is 0 Å². The molecule has 9 heteroatoms. The normalized spacial score (nSPS) is 15.4. The van der Waals surface area contributed by atoms with Crippen LogP contribution in [0.4, 0.5) is 0 Å². The lowest BCUT2D eigenvalue weighted by Crippen LogP contribution is -2.38. The molecule has 0 saturated carbocycles. The Labute approximate surface area is 156 Å². The van der Waals surface area contributed by atoms with E-state index in [2.05, 4.69) is 4.98 Å². The standard InChI is InChI=1S/C18H24N4O5/c1-3-27-9-8-21-15-14(10-13(11-19-15)17(24)25)22(18(21)26)12(2)16(23)20-6-4-5-7-20/h10-12H,3-9H2,1-2H3,(H,24,25)/t12-/m0/s1. The molecule has 0 aliphatic carbocycles. The van der Waals surface area contributed by atoms with Gasteiger partial charge in [0.05, 0.1) is 24.2 Å². The molecule has 1 aliphatic heterocycles. The average Bonchev–Trinajstić information content (AvgIpc) is 3.27. The van der Waals surface area contributed by atoms with E-state index >= 15 is 0 Å². The largest absolute Gasteiger partial charge is 0.478 e. The zero-order valence-electron chi connectivity index (χ0n) is 15.6. The van der Waals surface area contributed by atoms with Crippen molar-refractivity contribution < 1.29 is 19.4 Å². The van der Waals surface area contributed by atoms with Crippen molar-refractivity contribution in [3.63, 3.8) is 0 Å². The van der Waals surface area contributed by atoms with Crippen molar-refractivity contribution in [3.8, 4) is 0 Å². The number of carboxylic acid groups (broad SMARTS) is 1. The number of aromatic nitrogens is 3. The minimum atomic E-state index is -1.14. The van der Waals surface area contributed by atoms with Gasteiger partial charge in [0, 0.05) is 25.9 Å². The fraction of sp³-hybridized carbons (Fsp3) is 0.556. The fourth-order valence-corrected chi connectivity index (χ4v) is 3.46. The molecule has 3 rings (SSSR count). The molecule has 1 saturated heterocycles. The van der Waals surface area contributed by atoms with Crippen LogP contribution in [0.3, 0.4) is 0 Å². The number of carboxylic acids is 1. The van der Waals surface area contributed by atoms with Gasteiger partial charge in [-0.15, -0.1) is 0 Å². The van der Waals surface area contributed by atoms with Crippen LogP contribution in [-0.2, 0) is 16.1 Å². The van der Waals surface area contributed by atoms with Crippen molar-refractivity contribution in [1.29, 1.82) is 0 Å². The summed E-state index contributed by atoms with van der Waals surface area (Å²) in [6, 6.07) is 0.661. The molecule has 1 N–H and O–H groups in total. The minimum Gasteiger partial charge on any atom is -0.478 e. The summed E-state index contributed by atoms with van der Waals surface area (Å²) in [5, 5.41) is 9.28. The van der Waals surface area contributed by atoms with Crippen LogP contribution in [0.25, 0.3) is 11.2 Å². The molecule has 9 nitrogen and oxygen atoms in total. The molecule has 0 bridgehead atoms. The Bertz CT molecular complexity index is 910. The summed E-state index contributed by atoms with van der Waals surface area (Å²) in [4.78, 5) is 43.1. The number of nitrogens with zero attached hydrogens (tertiary/aromatic N) is 4. The first-order valence-electron chi connectivity index (χ1n) is 9.16. The fourth-order valence-electron chi connectivity index (χ4n) is 3.46. The molecule has 1 fully saturated rings. The number of pyridine rings is 1. The van der Waals surface area contributed by atoms with E-state index in [4.69, 9.17) is 4.74 Å². The maximum absolute atomic E-state index is 13.0. The summed E-state index contributed by atoms with van der Waals surface area (Å²) in [7, 11) is 0. The van der Waals surface area contributed by atoms with Crippen LogP contribution in [0, 0.1) is 0 Å². The summed E-state index contributed by atoms with van der Waals surface area (Å²) < 4.78 is 8.12. The number of likely N-dealkylation sites (tertiary alicyclic amines) is 1. The maximum atomic E-state index is 13.0. The molecular formula is C18H24N4O5. The number of fused-ring (bicyclic) bond motifs is 1. The van der Waals surface area contributed by atoms with Crippen LogP contribution in [0.5, 0.6) is 0 Å². The molecule has 0 spiro atoms. The summed E-state index contributed by atoms with van der Waals surface area (Å²) in [6.45, 7) is 6.02. The number of carbonyl (C=O) groups excluding carboxylic acids is 1. The van der Waals surface area contributed by atoms with Crippen molar-refractivity contribution >= 4 is 23.0 Å². The molecule has 1 amide bonds. The third-order valence-corrected chi connectivity index (χ3v) is 4.87. The van der Waals surface area contributed by atoms with Crippen LogP contribution in [0.2, 0.25) is 0 Å². The Morgan fingerprint density at radius 2 is 2.04 bits per heavy atom. The lowest BCUT2D eigenvalue weighted by molar-refractivity contribution is -0.133. The van der Waals surface area contributed by atoms with E-state index in [0.717, 1.165) is 12.8 Å². The number of imidazole rings is 1. The van der Waals surface area contributed by atoms with Gasteiger partial charge >= 0.3 is 11.7 Å². The van der Waals surface area contributed by atoms with Crippen LogP contribution >= 0.6 is 0 Å². The number of hydrogen-bond acceptors (Lipinski definition) is 5. The Morgan fingerprint density at radius 1 is 1.33 bits per heavy atom. The van der Waals surface area contributed by atoms with Gasteiger partial charge in [-0.3, -0.25) is 13.9 Å². The molecule has 0 unspecified atom stereocenters. The Balaban J connectivity index is 2.09. The summed E-state index contributed by atoms with van der Waals surface area (Å²) in [5.41, 5.74) is 0.279. The molecule has 0 radical (unpaired) electrons. The highest BCUT2D eigenvalue weighted by molar-refractivity contribution is 5.91. The Morgan fingerprint density at radius 3 is 2.67 bits per heavy atom. The highest BCUT2D eigenvalue weighted by Gasteiger charge is 2.28. The van der Waals surface area contributed by atoms with Crippen molar-refractivity contribution in [2.45, 2.75) is 39.3 Å². The SMILES string of the molecule is CCOCCn1c(=O)n([C@@H](C)C(=O)N2CCCC2)c2cc(C(=O)O)cnc21. The van der Waals surface area contributed by atoms with E-state index in [9.17, 15) is 19.5 Å². The van der Waals surface area contributed by atoms with Gasteiger partial charge in [0.1, 0.15) is 6.04 Å². The van der Waals surface area contributed by atoms with E-state index in [1.165, 1.54) is 21.4 Å². The number of aromatic carboxylic acids is 1. The Hall–Kier alpha value is -2.68. The van der Waals surface area contributed by atoms with E-state index in [1.54, 1.807) is 11.8 Å². The van der Waals surface area contributed by atoms with Gasteiger partial charge in [0.25, 0.3) is 0 Å². The zero-order chi connectivity index (χ0) is 19.6. The molecule has 0 aromatic carbocycles. The van der Waals surface area contributed by atoms with Gasteiger partial charge in [-0.2, -0.15) is 0 Å². The second-order valence-corrected chi connectivity index (χ2v) is 6.58. The third-order valence-electron chi connectivity index (χ3n) is 4.87. The summed E-state index contributed by atoms with van der Waals surface area (Å²) >= 11 is 0. The van der Waals surface area contributed by atoms with Crippen LogP contribution in [0.15, 0.2) is 17.1 Å². The topological polar surface area (TPSA) is 107 Å². The summed E-state index contributed by atoms with van der Waals surface area (Å²) in [6.07, 6.45) is 3.13. The molecule has 146 valence electrons. The number of ether oxygens (including phenoxy) is 1. The number of amides is 1. The second-order valence-electron chi connectivity index (χ2n) is 6.58. The van der Waals surface area contributed by atoms with Gasteiger partial charge in [-0.05, 0) is 32.8 Å². The lowest BCUT2D eigenvalue weighted by atomic mass is 10.2. The van der Waals surface area contributed by atoms with Crippen LogP contribution in [-0.4, -0.2) is 62.3 Å². The van der Waals surface area contributed by atoms with Crippen molar-refractivity contribution in [1.82, 2.24) is 19.0 Å². The predicted octanol–water partition coefficient (Wildman–Crippen LogP) is 1.12. The molecule has 2 aromatic rings. The van der Waals surface area contributed by atoms with Gasteiger partial charge in [0.15, 0.2) is 5.65 Å². The lowest BCUT2D eigenvalue weighted by Gasteiger charge is -2.21. The third kappa shape index (κ3) is 3.59. The smallest absolute Gasteiger partial charge is 0.337 e. The molecular weight excluding hydrogens is 352 g/mol. The Kier molecular flexibility index (Phi) is 5.59. The quantitative estimate of drug-likeness (QED) is 0.726. The van der Waals surface area contributed by atoms with E-state index in [-0.39, 0.29) is 23.7 Å². The number of hydrogen-bond donors (Lipinski definition) is 1. The molecule has 27 heavy (non-hydrogen) atoms. The predicted molar refractivity (Wildman–Crippen MR) is 98.0 cm³/mol. The van der Waals surface area contributed by atoms with Crippen molar-refractivity contribution in [3.05, 3.63) is 28.3 Å². The molecule has 1 atom stereocenters. The number of carbonyl (C=O) groups is 2. The first-order valence-corrected chi connectivity index (χ1v) is 9.16. The van der Waals surface area contributed by atoms with Gasteiger partial charge in [-0.25, -0.2) is 14.6 Å². The summed E-state index contributed by atoms with van der Waals surface area (Å²) in [5.74, 6) is -1.27. The van der Waals surface area contributed by atoms with Crippen LogP contribution < -0.4 is 5.69 Å². The average molecular weight is 376 g/mol. The highest BCUT2D eigenvalue weighted by Crippen LogP contribution is 2.20. The van der Waals surface area contributed by atoms with Crippen LogP contribution in [0.1, 0.15) is 43.1 Å². The molecule has 2 aromatic heterocycles. The molecule has 3 heterocycles. The highest BCUT2D eigenvalue weighted by atomic mass is 16.5. The second kappa shape index (κ2) is 7.91. The van der Waals surface area contributed by atoms with E-state index in [0.29, 0.717) is 37.5 Å².